The second-order valence-corrected chi connectivity index (χ2v) is 10.7. The molecule has 1 amide bonds. The average Bonchev–Trinajstić information content (AvgIpc) is 3.54. The molecule has 9 heteroatoms. The van der Waals surface area contributed by atoms with Gasteiger partial charge in [-0.25, -0.2) is 19.0 Å². The molecule has 0 saturated heterocycles. The number of hydrogen-bond donors (Lipinski definition) is 1. The van der Waals surface area contributed by atoms with Crippen LogP contribution in [-0.4, -0.2) is 47.9 Å². The molecule has 9 nitrogen and oxygen atoms in total. The van der Waals surface area contributed by atoms with E-state index in [1.807, 2.05) is 42.6 Å². The standard InChI is InChI=1S/C29H34N6O3/c1-19(2)13-16-33(28(36)22-7-5-20(3)6-8-22)27-24(29(37)38)18-35(32-27)23-11-9-21(10-12-23)25-17-26-30-14-4-15-34(26)31-25/h4,9-12,14-15,17-20,22H,5-8,13,16H2,1-3H3,(H,37,38)/t20-,22-. The van der Waals surface area contributed by atoms with Crippen molar-refractivity contribution in [2.45, 2.75) is 52.9 Å². The second kappa shape index (κ2) is 10.8. The number of nitrogens with zero attached hydrogens (tertiary/aromatic N) is 6. The number of carboxylic acid groups (broad SMARTS) is 1. The molecule has 0 aliphatic heterocycles. The lowest BCUT2D eigenvalue weighted by Crippen LogP contribution is -2.39. The molecule has 1 saturated carbocycles. The molecule has 0 bridgehead atoms. The van der Waals surface area contributed by atoms with Gasteiger partial charge in [0.2, 0.25) is 5.91 Å². The minimum absolute atomic E-state index is 0.0129. The van der Waals surface area contributed by atoms with Gasteiger partial charge >= 0.3 is 5.97 Å². The molecule has 0 unspecified atom stereocenters. The molecule has 198 valence electrons. The molecule has 0 radical (unpaired) electrons. The van der Waals surface area contributed by atoms with Gasteiger partial charge in [0.05, 0.1) is 11.4 Å². The lowest BCUT2D eigenvalue weighted by atomic mass is 9.82. The molecule has 38 heavy (non-hydrogen) atoms. The fourth-order valence-corrected chi connectivity index (χ4v) is 5.04. The van der Waals surface area contributed by atoms with Gasteiger partial charge in [0.15, 0.2) is 11.5 Å². The molecule has 1 fully saturated rings. The first kappa shape index (κ1) is 25.6. The molecule has 4 aromatic rings. The first-order chi connectivity index (χ1) is 18.3. The largest absolute Gasteiger partial charge is 0.477 e. The van der Waals surface area contributed by atoms with Crippen molar-refractivity contribution in [3.8, 4) is 16.9 Å². The summed E-state index contributed by atoms with van der Waals surface area (Å²) in [6, 6.07) is 11.3. The van der Waals surface area contributed by atoms with Crippen molar-refractivity contribution in [2.24, 2.45) is 17.8 Å². The predicted octanol–water partition coefficient (Wildman–Crippen LogP) is 5.49. The maximum Gasteiger partial charge on any atom is 0.341 e. The third-order valence-electron chi connectivity index (χ3n) is 7.41. The van der Waals surface area contributed by atoms with Crippen molar-refractivity contribution >= 4 is 23.3 Å². The van der Waals surface area contributed by atoms with Crippen LogP contribution in [0.1, 0.15) is 63.2 Å². The summed E-state index contributed by atoms with van der Waals surface area (Å²) in [6.45, 7) is 6.87. The highest BCUT2D eigenvalue weighted by Crippen LogP contribution is 2.32. The molecule has 1 N–H and O–H groups in total. The highest BCUT2D eigenvalue weighted by atomic mass is 16.4. The number of carbonyl (C=O) groups is 2. The van der Waals surface area contributed by atoms with Crippen LogP contribution in [0.15, 0.2) is 55.0 Å². The molecule has 1 aromatic carbocycles. The Balaban J connectivity index is 1.45. The van der Waals surface area contributed by atoms with Crippen molar-refractivity contribution in [1.29, 1.82) is 0 Å². The maximum atomic E-state index is 13.7. The van der Waals surface area contributed by atoms with Gasteiger partial charge in [-0.1, -0.05) is 32.9 Å². The number of fused-ring (bicyclic) bond motifs is 1. The number of rotatable bonds is 8. The Morgan fingerprint density at radius 2 is 1.84 bits per heavy atom. The molecule has 3 aromatic heterocycles. The van der Waals surface area contributed by atoms with E-state index < -0.39 is 5.97 Å². The van der Waals surface area contributed by atoms with Crippen LogP contribution in [0.2, 0.25) is 0 Å². The number of amides is 1. The van der Waals surface area contributed by atoms with Crippen molar-refractivity contribution in [2.75, 3.05) is 11.4 Å². The van der Waals surface area contributed by atoms with Crippen LogP contribution in [0, 0.1) is 17.8 Å². The van der Waals surface area contributed by atoms with E-state index >= 15 is 0 Å². The monoisotopic (exact) mass is 514 g/mol. The number of anilines is 1. The van der Waals surface area contributed by atoms with Crippen molar-refractivity contribution in [1.82, 2.24) is 24.4 Å². The Morgan fingerprint density at radius 3 is 2.50 bits per heavy atom. The Labute approximate surface area is 222 Å². The van der Waals surface area contributed by atoms with Crippen LogP contribution in [0.3, 0.4) is 0 Å². The summed E-state index contributed by atoms with van der Waals surface area (Å²) in [6.07, 6.45) is 9.54. The highest BCUT2D eigenvalue weighted by molar-refractivity contribution is 6.01. The van der Waals surface area contributed by atoms with Crippen LogP contribution in [0.4, 0.5) is 5.82 Å². The van der Waals surface area contributed by atoms with Gasteiger partial charge in [-0.05, 0) is 62.1 Å². The first-order valence-electron chi connectivity index (χ1n) is 13.4. The first-order valence-corrected chi connectivity index (χ1v) is 13.4. The van der Waals surface area contributed by atoms with E-state index in [0.717, 1.165) is 49.0 Å². The predicted molar refractivity (Wildman–Crippen MR) is 145 cm³/mol. The fraction of sp³-hybridized carbons (Fsp3) is 0.414. The summed E-state index contributed by atoms with van der Waals surface area (Å²) >= 11 is 0. The number of carboxylic acids is 1. The van der Waals surface area contributed by atoms with Crippen molar-refractivity contribution in [3.05, 3.63) is 60.6 Å². The van der Waals surface area contributed by atoms with E-state index in [2.05, 4.69) is 36.0 Å². The lowest BCUT2D eigenvalue weighted by Gasteiger charge is -2.30. The van der Waals surface area contributed by atoms with E-state index in [9.17, 15) is 14.7 Å². The van der Waals surface area contributed by atoms with Gasteiger partial charge in [-0.15, -0.1) is 5.10 Å². The topological polar surface area (TPSA) is 106 Å². The van der Waals surface area contributed by atoms with Crippen LogP contribution >= 0.6 is 0 Å². The fourth-order valence-electron chi connectivity index (χ4n) is 5.04. The Bertz CT molecular complexity index is 1400. The molecule has 0 spiro atoms. The maximum absolute atomic E-state index is 13.7. The molecule has 5 rings (SSSR count). The van der Waals surface area contributed by atoms with Crippen LogP contribution in [0.25, 0.3) is 22.6 Å². The number of carbonyl (C=O) groups excluding carboxylic acids is 1. The van der Waals surface area contributed by atoms with Gasteiger partial charge in [-0.3, -0.25) is 9.69 Å². The molecule has 3 heterocycles. The second-order valence-electron chi connectivity index (χ2n) is 10.7. The third kappa shape index (κ3) is 5.32. The van der Waals surface area contributed by atoms with Gasteiger partial charge in [0, 0.05) is 42.7 Å². The Kier molecular flexibility index (Phi) is 7.26. The normalized spacial score (nSPS) is 17.7. The number of aromatic carboxylic acids is 1. The van der Waals surface area contributed by atoms with Crippen molar-refractivity contribution < 1.29 is 14.7 Å². The molecule has 0 atom stereocenters. The minimum Gasteiger partial charge on any atom is -0.477 e. The zero-order valence-corrected chi connectivity index (χ0v) is 22.1. The molecular weight excluding hydrogens is 480 g/mol. The molecular formula is C29H34N6O3. The Morgan fingerprint density at radius 1 is 1.11 bits per heavy atom. The van der Waals surface area contributed by atoms with Gasteiger partial charge in [0.1, 0.15) is 5.56 Å². The summed E-state index contributed by atoms with van der Waals surface area (Å²) < 4.78 is 3.27. The lowest BCUT2D eigenvalue weighted by molar-refractivity contribution is -0.123. The van der Waals surface area contributed by atoms with E-state index in [1.165, 1.54) is 6.20 Å². The van der Waals surface area contributed by atoms with Crippen LogP contribution in [0.5, 0.6) is 0 Å². The Hall–Kier alpha value is -4.01. The number of benzene rings is 1. The summed E-state index contributed by atoms with van der Waals surface area (Å²) in [5.74, 6) is 0.00793. The molecule has 1 aliphatic carbocycles. The number of aromatic nitrogens is 5. The third-order valence-corrected chi connectivity index (χ3v) is 7.41. The molecule has 1 aliphatic rings. The van der Waals surface area contributed by atoms with Crippen LogP contribution in [-0.2, 0) is 4.79 Å². The summed E-state index contributed by atoms with van der Waals surface area (Å²) in [7, 11) is 0. The minimum atomic E-state index is -1.10. The van der Waals surface area contributed by atoms with Gasteiger partial charge < -0.3 is 5.11 Å². The smallest absolute Gasteiger partial charge is 0.341 e. The zero-order valence-electron chi connectivity index (χ0n) is 22.1. The zero-order chi connectivity index (χ0) is 26.8. The SMILES string of the molecule is CC(C)CCN(c1nn(-c2ccc(-c3cc4ncccn4n3)cc2)cc1C(=O)O)C(=O)[C@H]1CC[C@H](C)CC1. The highest BCUT2D eigenvalue weighted by Gasteiger charge is 2.32. The summed E-state index contributed by atoms with van der Waals surface area (Å²) in [4.78, 5) is 31.9. The number of hydrogen-bond acceptors (Lipinski definition) is 5. The average molecular weight is 515 g/mol. The van der Waals surface area contributed by atoms with Gasteiger partial charge in [-0.2, -0.15) is 5.10 Å². The van der Waals surface area contributed by atoms with Crippen molar-refractivity contribution in [3.63, 3.8) is 0 Å². The van der Waals surface area contributed by atoms with E-state index in [1.54, 1.807) is 20.3 Å². The van der Waals surface area contributed by atoms with E-state index in [4.69, 9.17) is 0 Å². The summed E-state index contributed by atoms with van der Waals surface area (Å²) in [5.41, 5.74) is 3.18. The van der Waals surface area contributed by atoms with Gasteiger partial charge in [0.25, 0.3) is 0 Å². The quantitative estimate of drug-likeness (QED) is 0.334. The van der Waals surface area contributed by atoms with E-state index in [0.29, 0.717) is 24.1 Å². The van der Waals surface area contributed by atoms with Crippen LogP contribution < -0.4 is 4.90 Å². The summed E-state index contributed by atoms with van der Waals surface area (Å²) in [5, 5.41) is 19.3. The van der Waals surface area contributed by atoms with E-state index in [-0.39, 0.29) is 23.2 Å².